The highest BCUT2D eigenvalue weighted by Crippen LogP contribution is 2.36. The molecular formula is C18H17BrClFN2O2. The van der Waals surface area contributed by atoms with Crippen LogP contribution in [0.15, 0.2) is 34.8 Å². The summed E-state index contributed by atoms with van der Waals surface area (Å²) in [7, 11) is 1.24. The first-order valence-corrected chi connectivity index (χ1v) is 8.95. The molecule has 0 aromatic heterocycles. The van der Waals surface area contributed by atoms with Crippen molar-refractivity contribution in [2.24, 2.45) is 0 Å². The quantitative estimate of drug-likeness (QED) is 0.574. The van der Waals surface area contributed by atoms with Crippen LogP contribution in [-0.2, 0) is 4.74 Å². The van der Waals surface area contributed by atoms with E-state index in [4.69, 9.17) is 17.3 Å². The number of halogens is 3. The van der Waals surface area contributed by atoms with E-state index in [0.29, 0.717) is 27.3 Å². The molecule has 7 heteroatoms. The number of carbonyl (C=O) groups excluding carboxylic acids is 1. The van der Waals surface area contributed by atoms with E-state index in [0.717, 1.165) is 18.7 Å². The van der Waals surface area contributed by atoms with Gasteiger partial charge in [0.2, 0.25) is 0 Å². The highest BCUT2D eigenvalue weighted by molar-refractivity contribution is 9.10. The molecule has 3 rings (SSSR count). The Hall–Kier alpha value is -1.79. The monoisotopic (exact) mass is 426 g/mol. The SMILES string of the molecule is COC(=O)c1c(Br)ccc(C2CCN(c3ccc(N)c(Cl)c3)C2)c1F. The third kappa shape index (κ3) is 3.46. The largest absolute Gasteiger partial charge is 0.465 e. The minimum Gasteiger partial charge on any atom is -0.465 e. The van der Waals surface area contributed by atoms with Crippen LogP contribution < -0.4 is 10.6 Å². The number of nitrogens with two attached hydrogens (primary N) is 1. The van der Waals surface area contributed by atoms with E-state index in [9.17, 15) is 9.18 Å². The fourth-order valence-corrected chi connectivity index (χ4v) is 3.78. The lowest BCUT2D eigenvalue weighted by molar-refractivity contribution is 0.0594. The summed E-state index contributed by atoms with van der Waals surface area (Å²) in [6.07, 6.45) is 0.779. The molecule has 0 aliphatic carbocycles. The zero-order valence-corrected chi connectivity index (χ0v) is 15.9. The number of rotatable bonds is 3. The van der Waals surface area contributed by atoms with Gasteiger partial charge in [-0.05, 0) is 52.2 Å². The fraction of sp³-hybridized carbons (Fsp3) is 0.278. The normalized spacial score (nSPS) is 17.0. The number of carbonyl (C=O) groups is 1. The van der Waals surface area contributed by atoms with Crippen LogP contribution in [0.1, 0.15) is 28.3 Å². The van der Waals surface area contributed by atoms with Gasteiger partial charge in [-0.15, -0.1) is 0 Å². The number of methoxy groups -OCH3 is 1. The van der Waals surface area contributed by atoms with Crippen molar-refractivity contribution in [3.8, 4) is 0 Å². The van der Waals surface area contributed by atoms with E-state index < -0.39 is 11.8 Å². The lowest BCUT2D eigenvalue weighted by Crippen LogP contribution is -2.19. The van der Waals surface area contributed by atoms with E-state index in [2.05, 4.69) is 25.6 Å². The van der Waals surface area contributed by atoms with Crippen molar-refractivity contribution >= 4 is 44.9 Å². The molecule has 2 aromatic rings. The standard InChI is InChI=1S/C18H17BrClFN2O2/c1-25-18(24)16-13(19)4-3-12(17(16)21)10-6-7-23(9-10)11-2-5-15(22)14(20)8-11/h2-5,8,10H,6-7,9,22H2,1H3. The Bertz CT molecular complexity index is 831. The Morgan fingerprint density at radius 3 is 2.84 bits per heavy atom. The molecule has 2 aromatic carbocycles. The van der Waals surface area contributed by atoms with Gasteiger partial charge in [0.05, 0.1) is 17.8 Å². The summed E-state index contributed by atoms with van der Waals surface area (Å²) < 4.78 is 20.0. The number of benzene rings is 2. The van der Waals surface area contributed by atoms with Gasteiger partial charge in [-0.25, -0.2) is 9.18 Å². The number of ether oxygens (including phenoxy) is 1. The molecule has 2 N–H and O–H groups in total. The predicted octanol–water partition coefficient (Wildman–Crippen LogP) is 4.60. The molecule has 0 amide bonds. The maximum atomic E-state index is 14.9. The van der Waals surface area contributed by atoms with Gasteiger partial charge >= 0.3 is 5.97 Å². The maximum Gasteiger partial charge on any atom is 0.342 e. The minimum absolute atomic E-state index is 0.0205. The van der Waals surface area contributed by atoms with E-state index in [1.807, 2.05) is 12.1 Å². The van der Waals surface area contributed by atoms with Crippen molar-refractivity contribution in [3.63, 3.8) is 0 Å². The van der Waals surface area contributed by atoms with E-state index >= 15 is 0 Å². The summed E-state index contributed by atoms with van der Waals surface area (Å²) in [5.41, 5.74) is 7.69. The molecular weight excluding hydrogens is 411 g/mol. The zero-order chi connectivity index (χ0) is 18.1. The Balaban J connectivity index is 1.87. The lowest BCUT2D eigenvalue weighted by atomic mass is 9.95. The molecule has 25 heavy (non-hydrogen) atoms. The molecule has 1 saturated heterocycles. The van der Waals surface area contributed by atoms with Gasteiger partial charge in [-0.3, -0.25) is 0 Å². The van der Waals surface area contributed by atoms with Crippen LogP contribution in [0.3, 0.4) is 0 Å². The highest BCUT2D eigenvalue weighted by Gasteiger charge is 2.29. The fourth-order valence-electron chi connectivity index (χ4n) is 3.13. The first-order valence-electron chi connectivity index (χ1n) is 7.78. The van der Waals surface area contributed by atoms with E-state index in [-0.39, 0.29) is 11.5 Å². The molecule has 4 nitrogen and oxygen atoms in total. The molecule has 0 bridgehead atoms. The number of anilines is 2. The van der Waals surface area contributed by atoms with Crippen molar-refractivity contribution in [1.82, 2.24) is 0 Å². The van der Waals surface area contributed by atoms with Crippen molar-refractivity contribution in [2.45, 2.75) is 12.3 Å². The van der Waals surface area contributed by atoms with Crippen molar-refractivity contribution in [2.75, 3.05) is 30.8 Å². The topological polar surface area (TPSA) is 55.6 Å². The molecule has 1 unspecified atom stereocenters. The van der Waals surface area contributed by atoms with Gasteiger partial charge in [0.15, 0.2) is 0 Å². The number of nitrogen functional groups attached to an aromatic ring is 1. The highest BCUT2D eigenvalue weighted by atomic mass is 79.9. The first kappa shape index (κ1) is 18.0. The van der Waals surface area contributed by atoms with Crippen LogP contribution in [0.25, 0.3) is 0 Å². The van der Waals surface area contributed by atoms with Crippen LogP contribution >= 0.6 is 27.5 Å². The number of hydrogen-bond donors (Lipinski definition) is 1. The summed E-state index contributed by atoms with van der Waals surface area (Å²) >= 11 is 9.31. The number of hydrogen-bond acceptors (Lipinski definition) is 4. The third-order valence-corrected chi connectivity index (χ3v) is 5.48. The van der Waals surface area contributed by atoms with Crippen LogP contribution in [0.5, 0.6) is 0 Å². The van der Waals surface area contributed by atoms with Crippen LogP contribution in [0, 0.1) is 5.82 Å². The van der Waals surface area contributed by atoms with Gasteiger partial charge in [-0.1, -0.05) is 17.7 Å². The summed E-state index contributed by atoms with van der Waals surface area (Å²) in [4.78, 5) is 14.0. The average Bonchev–Trinajstić information content (AvgIpc) is 3.07. The second kappa shape index (κ2) is 7.22. The van der Waals surface area contributed by atoms with Crippen molar-refractivity contribution in [1.29, 1.82) is 0 Å². The molecule has 1 fully saturated rings. The molecule has 1 aliphatic heterocycles. The van der Waals surface area contributed by atoms with Crippen molar-refractivity contribution in [3.05, 3.63) is 56.8 Å². The number of esters is 1. The molecule has 1 atom stereocenters. The van der Waals surface area contributed by atoms with Crippen LogP contribution in [0.4, 0.5) is 15.8 Å². The smallest absolute Gasteiger partial charge is 0.342 e. The molecule has 0 saturated carbocycles. The van der Waals surface area contributed by atoms with Gasteiger partial charge in [0.1, 0.15) is 11.4 Å². The molecule has 1 aliphatic rings. The Morgan fingerprint density at radius 1 is 1.40 bits per heavy atom. The second-order valence-electron chi connectivity index (χ2n) is 5.95. The summed E-state index contributed by atoms with van der Waals surface area (Å²) in [6.45, 7) is 1.41. The van der Waals surface area contributed by atoms with E-state index in [1.165, 1.54) is 7.11 Å². The summed E-state index contributed by atoms with van der Waals surface area (Å²) in [6, 6.07) is 8.89. The van der Waals surface area contributed by atoms with E-state index in [1.54, 1.807) is 18.2 Å². The zero-order valence-electron chi connectivity index (χ0n) is 13.6. The molecule has 132 valence electrons. The van der Waals surface area contributed by atoms with Gasteiger partial charge in [0, 0.05) is 29.2 Å². The summed E-state index contributed by atoms with van der Waals surface area (Å²) in [5, 5.41) is 0.503. The predicted molar refractivity (Wildman–Crippen MR) is 101 cm³/mol. The second-order valence-corrected chi connectivity index (χ2v) is 7.22. The van der Waals surface area contributed by atoms with Gasteiger partial charge in [-0.2, -0.15) is 0 Å². The van der Waals surface area contributed by atoms with Crippen LogP contribution in [-0.4, -0.2) is 26.2 Å². The molecule has 0 spiro atoms. The Morgan fingerprint density at radius 2 is 2.16 bits per heavy atom. The molecule has 1 heterocycles. The Labute approximate surface area is 158 Å². The average molecular weight is 428 g/mol. The Kier molecular flexibility index (Phi) is 5.20. The third-order valence-electron chi connectivity index (χ3n) is 4.49. The maximum absolute atomic E-state index is 14.9. The van der Waals surface area contributed by atoms with Crippen molar-refractivity contribution < 1.29 is 13.9 Å². The van der Waals surface area contributed by atoms with Crippen LogP contribution in [0.2, 0.25) is 5.02 Å². The first-order chi connectivity index (χ1) is 11.9. The van der Waals surface area contributed by atoms with Gasteiger partial charge in [0.25, 0.3) is 0 Å². The minimum atomic E-state index is -0.689. The summed E-state index contributed by atoms with van der Waals surface area (Å²) in [5.74, 6) is -1.23. The molecule has 0 radical (unpaired) electrons. The number of nitrogens with zero attached hydrogens (tertiary/aromatic N) is 1. The lowest BCUT2D eigenvalue weighted by Gasteiger charge is -2.20. The van der Waals surface area contributed by atoms with Gasteiger partial charge < -0.3 is 15.4 Å².